The lowest BCUT2D eigenvalue weighted by Crippen LogP contribution is -2.07. The predicted octanol–water partition coefficient (Wildman–Crippen LogP) is 2.71. The van der Waals surface area contributed by atoms with Gasteiger partial charge in [0, 0.05) is 11.1 Å². The molecule has 2 heteroatoms. The first-order chi connectivity index (χ1) is 6.45. The number of carbonyl (C=O) groups excluding carboxylic acids is 2. The first-order valence-electron chi connectivity index (χ1n) is 4.57. The van der Waals surface area contributed by atoms with Crippen LogP contribution in [0.15, 0.2) is 12.1 Å². The van der Waals surface area contributed by atoms with Gasteiger partial charge in [-0.2, -0.15) is 0 Å². The zero-order valence-electron chi connectivity index (χ0n) is 8.97. The molecule has 2 nitrogen and oxygen atoms in total. The smallest absolute Gasteiger partial charge is 0.160 e. The standard InChI is InChI=1S/C12H14O2/c1-7-5-6-11(9(3)13)12(8(7)2)10(4)14/h5-6H,1-4H3. The van der Waals surface area contributed by atoms with E-state index in [1.54, 1.807) is 6.07 Å². The normalized spacial score (nSPS) is 10.0. The highest BCUT2D eigenvalue weighted by Gasteiger charge is 2.14. The average Bonchev–Trinajstić information content (AvgIpc) is 2.08. The van der Waals surface area contributed by atoms with Crippen LogP contribution in [0.3, 0.4) is 0 Å². The third kappa shape index (κ3) is 1.74. The molecule has 0 atom stereocenters. The van der Waals surface area contributed by atoms with E-state index < -0.39 is 0 Å². The highest BCUT2D eigenvalue weighted by atomic mass is 16.1. The van der Waals surface area contributed by atoms with E-state index in [4.69, 9.17) is 0 Å². The largest absolute Gasteiger partial charge is 0.294 e. The third-order valence-electron chi connectivity index (χ3n) is 2.47. The average molecular weight is 190 g/mol. The van der Waals surface area contributed by atoms with Gasteiger partial charge >= 0.3 is 0 Å². The molecular weight excluding hydrogens is 176 g/mol. The number of carbonyl (C=O) groups is 2. The molecule has 0 aliphatic rings. The minimum Gasteiger partial charge on any atom is -0.294 e. The Morgan fingerprint density at radius 3 is 2.00 bits per heavy atom. The summed E-state index contributed by atoms with van der Waals surface area (Å²) < 4.78 is 0. The van der Waals surface area contributed by atoms with Gasteiger partial charge in [0.05, 0.1) is 0 Å². The van der Waals surface area contributed by atoms with Crippen molar-refractivity contribution in [2.75, 3.05) is 0 Å². The van der Waals surface area contributed by atoms with Crippen molar-refractivity contribution in [2.45, 2.75) is 27.7 Å². The second-order valence-corrected chi connectivity index (χ2v) is 3.54. The first kappa shape index (κ1) is 10.6. The van der Waals surface area contributed by atoms with Crippen LogP contribution in [0.25, 0.3) is 0 Å². The summed E-state index contributed by atoms with van der Waals surface area (Å²) in [4.78, 5) is 22.7. The molecule has 0 N–H and O–H groups in total. The van der Waals surface area contributed by atoms with E-state index >= 15 is 0 Å². The number of hydrogen-bond donors (Lipinski definition) is 0. The highest BCUT2D eigenvalue weighted by Crippen LogP contribution is 2.19. The molecule has 1 aromatic rings. The summed E-state index contributed by atoms with van der Waals surface area (Å²) in [7, 11) is 0. The summed E-state index contributed by atoms with van der Waals surface area (Å²) in [5, 5.41) is 0. The van der Waals surface area contributed by atoms with Gasteiger partial charge in [0.1, 0.15) is 0 Å². The third-order valence-corrected chi connectivity index (χ3v) is 2.47. The van der Waals surface area contributed by atoms with Gasteiger partial charge < -0.3 is 0 Å². The van der Waals surface area contributed by atoms with Crippen LogP contribution >= 0.6 is 0 Å². The summed E-state index contributed by atoms with van der Waals surface area (Å²) in [5.74, 6) is -0.102. The number of hydrogen-bond acceptors (Lipinski definition) is 2. The second-order valence-electron chi connectivity index (χ2n) is 3.54. The Morgan fingerprint density at radius 1 is 1.00 bits per heavy atom. The first-order valence-corrected chi connectivity index (χ1v) is 4.57. The number of aryl methyl sites for hydroxylation is 1. The minimum absolute atomic E-state index is 0.0450. The Labute approximate surface area is 83.9 Å². The maximum absolute atomic E-state index is 11.4. The summed E-state index contributed by atoms with van der Waals surface area (Å²) in [6.45, 7) is 6.79. The van der Waals surface area contributed by atoms with Gasteiger partial charge in [0.25, 0.3) is 0 Å². The van der Waals surface area contributed by atoms with Crippen LogP contribution in [0.5, 0.6) is 0 Å². The van der Waals surface area contributed by atoms with Gasteiger partial charge in [0.2, 0.25) is 0 Å². The van der Waals surface area contributed by atoms with E-state index in [9.17, 15) is 9.59 Å². The number of Topliss-reactive ketones (excluding diaryl/α,β-unsaturated/α-hetero) is 2. The van der Waals surface area contributed by atoms with E-state index in [2.05, 4.69) is 0 Å². The van der Waals surface area contributed by atoms with Crippen molar-refractivity contribution < 1.29 is 9.59 Å². The Morgan fingerprint density at radius 2 is 1.57 bits per heavy atom. The van der Waals surface area contributed by atoms with E-state index in [1.165, 1.54) is 13.8 Å². The molecule has 1 aromatic carbocycles. The van der Waals surface area contributed by atoms with Crippen molar-refractivity contribution in [1.82, 2.24) is 0 Å². The molecule has 0 saturated carbocycles. The number of rotatable bonds is 2. The van der Waals surface area contributed by atoms with Crippen molar-refractivity contribution in [1.29, 1.82) is 0 Å². The van der Waals surface area contributed by atoms with Gasteiger partial charge in [-0.1, -0.05) is 12.1 Å². The highest BCUT2D eigenvalue weighted by molar-refractivity contribution is 6.08. The van der Waals surface area contributed by atoms with Crippen LogP contribution in [0.2, 0.25) is 0 Å². The minimum atomic E-state index is -0.0571. The molecule has 0 aromatic heterocycles. The van der Waals surface area contributed by atoms with Crippen LogP contribution in [-0.4, -0.2) is 11.6 Å². The Balaban J connectivity index is 3.53. The Kier molecular flexibility index (Phi) is 2.84. The fourth-order valence-corrected chi connectivity index (χ4v) is 1.56. The van der Waals surface area contributed by atoms with Crippen molar-refractivity contribution in [3.63, 3.8) is 0 Å². The van der Waals surface area contributed by atoms with Gasteiger partial charge in [-0.25, -0.2) is 0 Å². The molecule has 0 saturated heterocycles. The fourth-order valence-electron chi connectivity index (χ4n) is 1.56. The number of ketones is 2. The Bertz CT molecular complexity index is 403. The van der Waals surface area contributed by atoms with Crippen molar-refractivity contribution in [3.8, 4) is 0 Å². The van der Waals surface area contributed by atoms with Crippen molar-refractivity contribution in [2.24, 2.45) is 0 Å². The maximum Gasteiger partial charge on any atom is 0.160 e. The summed E-state index contributed by atoms with van der Waals surface area (Å²) in [6, 6.07) is 3.60. The molecule has 14 heavy (non-hydrogen) atoms. The molecule has 0 spiro atoms. The van der Waals surface area contributed by atoms with Gasteiger partial charge in [-0.05, 0) is 38.8 Å². The van der Waals surface area contributed by atoms with E-state index in [0.717, 1.165) is 11.1 Å². The second kappa shape index (κ2) is 3.74. The molecule has 74 valence electrons. The van der Waals surface area contributed by atoms with Gasteiger partial charge in [-0.15, -0.1) is 0 Å². The lowest BCUT2D eigenvalue weighted by Gasteiger charge is -2.09. The van der Waals surface area contributed by atoms with Crippen LogP contribution in [0, 0.1) is 13.8 Å². The van der Waals surface area contributed by atoms with E-state index in [-0.39, 0.29) is 11.6 Å². The van der Waals surface area contributed by atoms with Crippen LogP contribution < -0.4 is 0 Å². The summed E-state index contributed by atoms with van der Waals surface area (Å²) in [6.07, 6.45) is 0. The fraction of sp³-hybridized carbons (Fsp3) is 0.333. The SMILES string of the molecule is CC(=O)c1ccc(C)c(C)c1C(C)=O. The zero-order valence-corrected chi connectivity index (χ0v) is 8.97. The van der Waals surface area contributed by atoms with E-state index in [1.807, 2.05) is 19.9 Å². The van der Waals surface area contributed by atoms with Crippen LogP contribution in [0.4, 0.5) is 0 Å². The van der Waals surface area contributed by atoms with Gasteiger partial charge in [0.15, 0.2) is 11.6 Å². The topological polar surface area (TPSA) is 34.1 Å². The molecule has 1 rings (SSSR count). The molecular formula is C12H14O2. The lowest BCUT2D eigenvalue weighted by molar-refractivity contribution is 0.0980. The number of benzene rings is 1. The monoisotopic (exact) mass is 190 g/mol. The molecule has 0 aliphatic carbocycles. The molecule has 0 amide bonds. The lowest BCUT2D eigenvalue weighted by atomic mass is 9.93. The van der Waals surface area contributed by atoms with Crippen LogP contribution in [0.1, 0.15) is 45.7 Å². The maximum atomic E-state index is 11.4. The summed E-state index contributed by atoms with van der Waals surface area (Å²) in [5.41, 5.74) is 3.04. The van der Waals surface area contributed by atoms with Gasteiger partial charge in [-0.3, -0.25) is 9.59 Å². The van der Waals surface area contributed by atoms with E-state index in [0.29, 0.717) is 11.1 Å². The molecule has 0 unspecified atom stereocenters. The summed E-state index contributed by atoms with van der Waals surface area (Å²) >= 11 is 0. The van der Waals surface area contributed by atoms with Crippen LogP contribution in [-0.2, 0) is 0 Å². The Hall–Kier alpha value is -1.44. The molecule has 0 bridgehead atoms. The zero-order chi connectivity index (χ0) is 10.9. The van der Waals surface area contributed by atoms with Crippen molar-refractivity contribution in [3.05, 3.63) is 34.4 Å². The quantitative estimate of drug-likeness (QED) is 0.672. The molecule has 0 heterocycles. The molecule has 0 fully saturated rings. The molecule has 0 radical (unpaired) electrons. The predicted molar refractivity (Wildman–Crippen MR) is 55.9 cm³/mol. The van der Waals surface area contributed by atoms with Crippen molar-refractivity contribution >= 4 is 11.6 Å². The molecule has 0 aliphatic heterocycles.